The van der Waals surface area contributed by atoms with Crippen LogP contribution in [0.2, 0.25) is 0 Å². The maximum absolute atomic E-state index is 13.9. The van der Waals surface area contributed by atoms with Crippen molar-refractivity contribution in [2.24, 2.45) is 5.92 Å². The molecule has 2 aliphatic heterocycles. The molecule has 176 valence electrons. The van der Waals surface area contributed by atoms with Gasteiger partial charge in [0.15, 0.2) is 11.4 Å². The van der Waals surface area contributed by atoms with Crippen molar-refractivity contribution in [3.05, 3.63) is 62.8 Å². The highest BCUT2D eigenvalue weighted by Gasteiger charge is 2.42. The molecular weight excluding hydrogens is 446 g/mol. The van der Waals surface area contributed by atoms with Gasteiger partial charge in [-0.25, -0.2) is 13.2 Å². The Bertz CT molecular complexity index is 1180. The maximum atomic E-state index is 13.9. The molecule has 0 spiro atoms. The molecule has 2 amide bonds. The van der Waals surface area contributed by atoms with Crippen LogP contribution in [0, 0.1) is 23.4 Å². The van der Waals surface area contributed by atoms with Crippen molar-refractivity contribution in [2.45, 2.75) is 38.4 Å². The van der Waals surface area contributed by atoms with Crippen molar-refractivity contribution in [1.29, 1.82) is 0 Å². The van der Waals surface area contributed by atoms with Gasteiger partial charge in [-0.2, -0.15) is 0 Å². The number of pyridine rings is 1. The minimum atomic E-state index is -1.22. The molecule has 2 N–H and O–H groups in total. The van der Waals surface area contributed by atoms with E-state index in [4.69, 9.17) is 0 Å². The molecule has 4 rings (SSSR count). The Hall–Kier alpha value is -3.37. The lowest BCUT2D eigenvalue weighted by Gasteiger charge is -2.38. The maximum Gasteiger partial charge on any atom is 0.274 e. The van der Waals surface area contributed by atoms with Gasteiger partial charge < -0.3 is 19.9 Å². The highest BCUT2D eigenvalue weighted by atomic mass is 19.1. The van der Waals surface area contributed by atoms with Crippen LogP contribution in [0.1, 0.15) is 52.2 Å². The van der Waals surface area contributed by atoms with Crippen LogP contribution in [0.15, 0.2) is 23.1 Å². The largest absolute Gasteiger partial charge is 0.503 e. The number of halogens is 4. The van der Waals surface area contributed by atoms with Gasteiger partial charge in [-0.05, 0) is 19.8 Å². The molecule has 7 nitrogen and oxygen atoms in total. The van der Waals surface area contributed by atoms with Crippen molar-refractivity contribution in [1.82, 2.24) is 14.8 Å². The molecule has 11 heteroatoms. The molecule has 0 saturated carbocycles. The van der Waals surface area contributed by atoms with Crippen LogP contribution >= 0.6 is 0 Å². The second-order valence-electron chi connectivity index (χ2n) is 8.37. The molecule has 2 aromatic rings. The molecule has 0 radical (unpaired) electrons. The SMILES string of the molecule is CC1CCC(CF)C2CN1C(=O)c1c(O)c(=O)c(C(=O)NCc3c(F)cc(F)cc3F)cn12. The average Bonchev–Trinajstić information content (AvgIpc) is 2.90. The Morgan fingerprint density at radius 2 is 1.85 bits per heavy atom. The molecule has 3 heterocycles. The van der Waals surface area contributed by atoms with Gasteiger partial charge in [-0.15, -0.1) is 0 Å². The van der Waals surface area contributed by atoms with Crippen LogP contribution in [-0.2, 0) is 6.54 Å². The molecule has 2 aliphatic rings. The number of alkyl halides is 1. The van der Waals surface area contributed by atoms with Crippen LogP contribution in [0.5, 0.6) is 5.75 Å². The van der Waals surface area contributed by atoms with Gasteiger partial charge in [0.2, 0.25) is 5.43 Å². The molecule has 0 aliphatic carbocycles. The predicted molar refractivity (Wildman–Crippen MR) is 108 cm³/mol. The van der Waals surface area contributed by atoms with E-state index in [1.807, 2.05) is 0 Å². The number of aromatic nitrogens is 1. The Kier molecular flexibility index (Phi) is 5.89. The number of carbonyl (C=O) groups excluding carboxylic acids is 2. The summed E-state index contributed by atoms with van der Waals surface area (Å²) in [4.78, 5) is 39.8. The monoisotopic (exact) mass is 467 g/mol. The number of amides is 2. The first-order chi connectivity index (χ1) is 15.6. The third kappa shape index (κ3) is 3.85. The number of rotatable bonds is 4. The summed E-state index contributed by atoms with van der Waals surface area (Å²) in [6, 6.07) is 0.0677. The number of hydrogen-bond donors (Lipinski definition) is 2. The number of nitrogens with zero attached hydrogens (tertiary/aromatic N) is 2. The highest BCUT2D eigenvalue weighted by molar-refractivity contribution is 5.99. The standard InChI is InChI=1S/C22H21F4N3O4/c1-10-2-3-11(6-23)17-9-28(10)22(33)18-20(31)19(30)14(8-29(17)18)21(32)27-7-13-15(25)4-12(24)5-16(13)26/h4-5,8,10-11,17,31H,2-3,6-7,9H2,1H3,(H,27,32). The zero-order chi connectivity index (χ0) is 24.0. The zero-order valence-corrected chi connectivity index (χ0v) is 17.6. The third-order valence-corrected chi connectivity index (χ3v) is 6.42. The first-order valence-corrected chi connectivity index (χ1v) is 10.4. The van der Waals surface area contributed by atoms with Crippen molar-refractivity contribution in [3.63, 3.8) is 0 Å². The van der Waals surface area contributed by atoms with Crippen molar-refractivity contribution in [2.75, 3.05) is 13.2 Å². The molecule has 1 fully saturated rings. The Labute approximate surface area is 185 Å². The van der Waals surface area contributed by atoms with Gasteiger partial charge in [-0.3, -0.25) is 18.8 Å². The number of hydrogen-bond acceptors (Lipinski definition) is 4. The summed E-state index contributed by atoms with van der Waals surface area (Å²) < 4.78 is 55.8. The first-order valence-electron chi connectivity index (χ1n) is 10.4. The van der Waals surface area contributed by atoms with E-state index in [1.54, 1.807) is 6.92 Å². The number of carbonyl (C=O) groups is 2. The number of nitrogens with one attached hydrogen (secondary N) is 1. The number of aromatic hydroxyl groups is 1. The van der Waals surface area contributed by atoms with Crippen molar-refractivity contribution >= 4 is 11.8 Å². The lowest BCUT2D eigenvalue weighted by molar-refractivity contribution is 0.0581. The van der Waals surface area contributed by atoms with Crippen LogP contribution in [0.25, 0.3) is 0 Å². The normalized spacial score (nSPS) is 22.0. The van der Waals surface area contributed by atoms with E-state index in [2.05, 4.69) is 5.32 Å². The summed E-state index contributed by atoms with van der Waals surface area (Å²) in [6.45, 7) is 0.558. The van der Waals surface area contributed by atoms with E-state index in [9.17, 15) is 37.1 Å². The first kappa shape index (κ1) is 22.8. The average molecular weight is 467 g/mol. The Morgan fingerprint density at radius 1 is 1.18 bits per heavy atom. The van der Waals surface area contributed by atoms with Gasteiger partial charge in [-0.1, -0.05) is 0 Å². The minimum absolute atomic E-state index is 0.150. The summed E-state index contributed by atoms with van der Waals surface area (Å²) in [5.41, 5.74) is -2.66. The summed E-state index contributed by atoms with van der Waals surface area (Å²) in [5, 5.41) is 12.7. The van der Waals surface area contributed by atoms with Gasteiger partial charge >= 0.3 is 0 Å². The fraction of sp³-hybridized carbons (Fsp3) is 0.409. The zero-order valence-electron chi connectivity index (χ0n) is 17.6. The van der Waals surface area contributed by atoms with Crippen LogP contribution in [0.3, 0.4) is 0 Å². The minimum Gasteiger partial charge on any atom is -0.503 e. The summed E-state index contributed by atoms with van der Waals surface area (Å²) >= 11 is 0. The van der Waals surface area contributed by atoms with Gasteiger partial charge in [0.1, 0.15) is 23.0 Å². The molecule has 33 heavy (non-hydrogen) atoms. The molecule has 2 bridgehead atoms. The van der Waals surface area contributed by atoms with Gasteiger partial charge in [0.05, 0.1) is 12.7 Å². The van der Waals surface area contributed by atoms with E-state index in [0.717, 1.165) is 6.20 Å². The lowest BCUT2D eigenvalue weighted by Crippen LogP contribution is -2.48. The Morgan fingerprint density at radius 3 is 2.48 bits per heavy atom. The topological polar surface area (TPSA) is 91.6 Å². The number of fused-ring (bicyclic) bond motifs is 4. The van der Waals surface area contributed by atoms with Gasteiger partial charge in [0, 0.05) is 48.9 Å². The molecule has 1 aromatic heterocycles. The predicted octanol–water partition coefficient (Wildman–Crippen LogP) is 2.67. The Balaban J connectivity index is 1.71. The van der Waals surface area contributed by atoms with E-state index >= 15 is 0 Å². The van der Waals surface area contributed by atoms with Crippen LogP contribution in [-0.4, -0.2) is 45.6 Å². The van der Waals surface area contributed by atoms with Crippen molar-refractivity contribution in [3.8, 4) is 5.75 Å². The van der Waals surface area contributed by atoms with E-state index in [-0.39, 0.29) is 18.3 Å². The fourth-order valence-electron chi connectivity index (χ4n) is 4.51. The van der Waals surface area contributed by atoms with Crippen LogP contribution in [0.4, 0.5) is 17.6 Å². The van der Waals surface area contributed by atoms with Crippen molar-refractivity contribution < 1.29 is 32.3 Å². The quantitative estimate of drug-likeness (QED) is 0.677. The van der Waals surface area contributed by atoms with E-state index in [1.165, 1.54) is 9.47 Å². The van der Waals surface area contributed by atoms with E-state index in [0.29, 0.717) is 25.0 Å². The van der Waals surface area contributed by atoms with E-state index < -0.39 is 76.8 Å². The summed E-state index contributed by atoms with van der Waals surface area (Å²) in [7, 11) is 0. The molecule has 3 atom stereocenters. The summed E-state index contributed by atoms with van der Waals surface area (Å²) in [5.74, 6) is -6.70. The number of benzene rings is 1. The molecule has 3 unspecified atom stereocenters. The van der Waals surface area contributed by atoms with Gasteiger partial charge in [0.25, 0.3) is 11.8 Å². The smallest absolute Gasteiger partial charge is 0.274 e. The second kappa shape index (κ2) is 8.53. The third-order valence-electron chi connectivity index (χ3n) is 6.42. The van der Waals surface area contributed by atoms with Crippen LogP contribution < -0.4 is 10.7 Å². The molecular formula is C22H21F4N3O4. The second-order valence-corrected chi connectivity index (χ2v) is 8.37. The summed E-state index contributed by atoms with van der Waals surface area (Å²) in [6.07, 6.45) is 2.07. The fourth-order valence-corrected chi connectivity index (χ4v) is 4.51. The lowest BCUT2D eigenvalue weighted by atomic mass is 9.94. The molecule has 1 saturated heterocycles. The highest BCUT2D eigenvalue weighted by Crippen LogP contribution is 2.37. The molecule has 1 aromatic carbocycles.